The summed E-state index contributed by atoms with van der Waals surface area (Å²) in [5, 5.41) is 3.61. The quantitative estimate of drug-likeness (QED) is 0.706. The largest absolute Gasteiger partial charge is 0.367 e. The number of hydrogen-bond acceptors (Lipinski definition) is 5. The second-order valence-electron chi connectivity index (χ2n) is 7.82. The zero-order valence-electron chi connectivity index (χ0n) is 17.5. The number of aromatic nitrogens is 2. The van der Waals surface area contributed by atoms with Crippen LogP contribution >= 0.6 is 0 Å². The van der Waals surface area contributed by atoms with E-state index in [9.17, 15) is 9.59 Å². The molecule has 2 heterocycles. The molecule has 1 N–H and O–H groups in total. The summed E-state index contributed by atoms with van der Waals surface area (Å²) in [5.74, 6) is -0.118. The van der Waals surface area contributed by atoms with Gasteiger partial charge in [-0.3, -0.25) is 14.2 Å². The van der Waals surface area contributed by atoms with Gasteiger partial charge in [0, 0.05) is 39.1 Å². The fourth-order valence-corrected chi connectivity index (χ4v) is 3.83. The molecule has 0 radical (unpaired) electrons. The van der Waals surface area contributed by atoms with Crippen molar-refractivity contribution < 1.29 is 4.79 Å². The Morgan fingerprint density at radius 3 is 2.63 bits per heavy atom. The van der Waals surface area contributed by atoms with E-state index in [0.29, 0.717) is 10.9 Å². The van der Waals surface area contributed by atoms with Crippen LogP contribution in [-0.2, 0) is 11.3 Å². The molecule has 1 saturated heterocycles. The van der Waals surface area contributed by atoms with Gasteiger partial charge in [0.05, 0.1) is 28.6 Å². The molecule has 7 heteroatoms. The third-order valence-corrected chi connectivity index (χ3v) is 5.66. The fourth-order valence-electron chi connectivity index (χ4n) is 3.83. The van der Waals surface area contributed by atoms with Gasteiger partial charge in [-0.1, -0.05) is 24.3 Å². The number of piperazine rings is 1. The number of fused-ring (bicyclic) bond motifs is 1. The van der Waals surface area contributed by atoms with Gasteiger partial charge in [-0.05, 0) is 37.7 Å². The number of hydrogen-bond donors (Lipinski definition) is 1. The minimum atomic E-state index is -0.118. The molecule has 156 valence electrons. The molecule has 7 nitrogen and oxygen atoms in total. The number of likely N-dealkylation sites (N-methyl/N-ethyl adjacent to an activating group) is 1. The molecule has 0 unspecified atom stereocenters. The van der Waals surface area contributed by atoms with Crippen LogP contribution in [-0.4, -0.2) is 53.6 Å². The maximum Gasteiger partial charge on any atom is 0.261 e. The first-order valence-electron chi connectivity index (χ1n) is 10.3. The first-order chi connectivity index (χ1) is 14.5. The van der Waals surface area contributed by atoms with Gasteiger partial charge in [0.15, 0.2) is 0 Å². The van der Waals surface area contributed by atoms with Gasteiger partial charge in [0.1, 0.15) is 0 Å². The third-order valence-electron chi connectivity index (χ3n) is 5.66. The SMILES string of the molecule is Cc1cccc2c(=O)n(CCC(=O)Nc3ccccc3N3CCN(C)CC3)cnc12. The van der Waals surface area contributed by atoms with Gasteiger partial charge in [-0.15, -0.1) is 0 Å². The second-order valence-corrected chi connectivity index (χ2v) is 7.82. The topological polar surface area (TPSA) is 70.5 Å². The number of rotatable bonds is 5. The number of amides is 1. The van der Waals surface area contributed by atoms with Gasteiger partial charge < -0.3 is 15.1 Å². The molecule has 1 aliphatic heterocycles. The zero-order valence-corrected chi connectivity index (χ0v) is 17.5. The van der Waals surface area contributed by atoms with Crippen LogP contribution < -0.4 is 15.8 Å². The Morgan fingerprint density at radius 2 is 1.83 bits per heavy atom. The zero-order chi connectivity index (χ0) is 21.1. The molecule has 30 heavy (non-hydrogen) atoms. The van der Waals surface area contributed by atoms with Gasteiger partial charge in [0.25, 0.3) is 5.56 Å². The molecule has 3 aromatic rings. The Kier molecular flexibility index (Phi) is 5.81. The summed E-state index contributed by atoms with van der Waals surface area (Å²) >= 11 is 0. The number of para-hydroxylation sites is 3. The molecule has 4 rings (SSSR count). The number of nitrogens with zero attached hydrogens (tertiary/aromatic N) is 4. The lowest BCUT2D eigenvalue weighted by molar-refractivity contribution is -0.116. The van der Waals surface area contributed by atoms with Crippen molar-refractivity contribution in [3.8, 4) is 0 Å². The van der Waals surface area contributed by atoms with E-state index in [0.717, 1.165) is 43.1 Å². The van der Waals surface area contributed by atoms with Crippen molar-refractivity contribution in [2.75, 3.05) is 43.4 Å². The predicted molar refractivity (Wildman–Crippen MR) is 120 cm³/mol. The lowest BCUT2D eigenvalue weighted by atomic mass is 10.1. The monoisotopic (exact) mass is 405 g/mol. The average molecular weight is 406 g/mol. The summed E-state index contributed by atoms with van der Waals surface area (Å²) in [6.45, 7) is 6.09. The predicted octanol–water partition coefficient (Wildman–Crippen LogP) is 2.49. The van der Waals surface area contributed by atoms with Crippen molar-refractivity contribution in [3.05, 3.63) is 64.7 Å². The van der Waals surface area contributed by atoms with Crippen LogP contribution in [0.3, 0.4) is 0 Å². The van der Waals surface area contributed by atoms with Gasteiger partial charge in [0.2, 0.25) is 5.91 Å². The van der Waals surface area contributed by atoms with E-state index >= 15 is 0 Å². The van der Waals surface area contributed by atoms with Crippen molar-refractivity contribution in [3.63, 3.8) is 0 Å². The van der Waals surface area contributed by atoms with Gasteiger partial charge >= 0.3 is 0 Å². The number of nitrogens with one attached hydrogen (secondary N) is 1. The van der Waals surface area contributed by atoms with Crippen LogP contribution in [0, 0.1) is 6.92 Å². The van der Waals surface area contributed by atoms with Crippen molar-refractivity contribution >= 4 is 28.2 Å². The Hall–Kier alpha value is -3.19. The fraction of sp³-hybridized carbons (Fsp3) is 0.348. The maximum absolute atomic E-state index is 12.7. The molecule has 0 spiro atoms. The summed E-state index contributed by atoms with van der Waals surface area (Å²) in [4.78, 5) is 34.4. The molecule has 0 atom stereocenters. The molecule has 1 aliphatic rings. The van der Waals surface area contributed by atoms with E-state index in [-0.39, 0.29) is 24.4 Å². The van der Waals surface area contributed by atoms with Gasteiger partial charge in [-0.2, -0.15) is 0 Å². The molecular weight excluding hydrogens is 378 g/mol. The van der Waals surface area contributed by atoms with Crippen molar-refractivity contribution in [1.82, 2.24) is 14.5 Å². The standard InChI is InChI=1S/C23H27N5O2/c1-17-6-5-7-18-22(17)24-16-28(23(18)30)11-10-21(29)25-19-8-3-4-9-20(19)27-14-12-26(2)13-15-27/h3-9,16H,10-15H2,1-2H3,(H,25,29). The Morgan fingerprint density at radius 1 is 1.07 bits per heavy atom. The lowest BCUT2D eigenvalue weighted by Crippen LogP contribution is -2.44. The minimum Gasteiger partial charge on any atom is -0.367 e. The van der Waals surface area contributed by atoms with Crippen molar-refractivity contribution in [2.45, 2.75) is 19.9 Å². The highest BCUT2D eigenvalue weighted by molar-refractivity contribution is 5.94. The highest BCUT2D eigenvalue weighted by Gasteiger charge is 2.17. The van der Waals surface area contributed by atoms with E-state index in [1.807, 2.05) is 43.3 Å². The summed E-state index contributed by atoms with van der Waals surface area (Å²) in [6, 6.07) is 13.5. The molecule has 0 aliphatic carbocycles. The molecule has 0 saturated carbocycles. The highest BCUT2D eigenvalue weighted by Crippen LogP contribution is 2.26. The van der Waals surface area contributed by atoms with E-state index in [1.165, 1.54) is 10.9 Å². The van der Waals surface area contributed by atoms with Crippen LogP contribution in [0.1, 0.15) is 12.0 Å². The highest BCUT2D eigenvalue weighted by atomic mass is 16.2. The van der Waals surface area contributed by atoms with E-state index < -0.39 is 0 Å². The summed E-state index contributed by atoms with van der Waals surface area (Å²) in [5.41, 5.74) is 3.42. The lowest BCUT2D eigenvalue weighted by Gasteiger charge is -2.35. The van der Waals surface area contributed by atoms with Crippen LogP contribution in [0.25, 0.3) is 10.9 Å². The normalized spacial score (nSPS) is 14.8. The molecule has 1 amide bonds. The average Bonchev–Trinajstić information content (AvgIpc) is 2.75. The van der Waals surface area contributed by atoms with E-state index in [2.05, 4.69) is 27.1 Å². The van der Waals surface area contributed by atoms with Crippen LogP contribution in [0.4, 0.5) is 11.4 Å². The Balaban J connectivity index is 1.44. The number of carbonyl (C=O) groups excluding carboxylic acids is 1. The third kappa shape index (κ3) is 4.21. The molecule has 0 bridgehead atoms. The summed E-state index contributed by atoms with van der Waals surface area (Å²) < 4.78 is 1.51. The number of aryl methyl sites for hydroxylation is 2. The van der Waals surface area contributed by atoms with Crippen LogP contribution in [0.5, 0.6) is 0 Å². The van der Waals surface area contributed by atoms with E-state index in [1.54, 1.807) is 6.07 Å². The van der Waals surface area contributed by atoms with Crippen LogP contribution in [0.2, 0.25) is 0 Å². The minimum absolute atomic E-state index is 0.116. The van der Waals surface area contributed by atoms with Crippen molar-refractivity contribution in [1.29, 1.82) is 0 Å². The van der Waals surface area contributed by atoms with Gasteiger partial charge in [-0.25, -0.2) is 4.98 Å². The smallest absolute Gasteiger partial charge is 0.261 e. The Bertz CT molecular complexity index is 1120. The summed E-state index contributed by atoms with van der Waals surface area (Å²) in [7, 11) is 2.12. The van der Waals surface area contributed by atoms with Crippen LogP contribution in [0.15, 0.2) is 53.6 Å². The number of benzene rings is 2. The van der Waals surface area contributed by atoms with Crippen molar-refractivity contribution in [2.24, 2.45) is 0 Å². The maximum atomic E-state index is 12.7. The number of carbonyl (C=O) groups is 1. The molecule has 2 aromatic carbocycles. The molecular formula is C23H27N5O2. The number of anilines is 2. The second kappa shape index (κ2) is 8.67. The first-order valence-corrected chi connectivity index (χ1v) is 10.3. The molecule has 1 fully saturated rings. The van der Waals surface area contributed by atoms with E-state index in [4.69, 9.17) is 0 Å². The Labute approximate surface area is 175 Å². The first kappa shape index (κ1) is 20.1. The molecule has 1 aromatic heterocycles. The summed E-state index contributed by atoms with van der Waals surface area (Å²) in [6.07, 6.45) is 1.74.